The molecule has 3 rings (SSSR count). The minimum absolute atomic E-state index is 0.136. The van der Waals surface area contributed by atoms with E-state index in [0.29, 0.717) is 30.2 Å². The standard InChI is InChI=1S/C11H15N5O/c12-10-9-11(16(15-10)4-1-5-17)14-8(6-13-9)7-2-3-7/h6-7,17H,1-5H2,(H2,12,15). The lowest BCUT2D eigenvalue weighted by Gasteiger charge is -2.01. The summed E-state index contributed by atoms with van der Waals surface area (Å²) in [7, 11) is 0. The van der Waals surface area contributed by atoms with E-state index in [9.17, 15) is 0 Å². The summed E-state index contributed by atoms with van der Waals surface area (Å²) in [5.41, 5.74) is 8.22. The van der Waals surface area contributed by atoms with Gasteiger partial charge in [-0.1, -0.05) is 0 Å². The number of aliphatic hydroxyl groups is 1. The zero-order chi connectivity index (χ0) is 11.8. The Morgan fingerprint density at radius 2 is 2.29 bits per heavy atom. The summed E-state index contributed by atoms with van der Waals surface area (Å²) in [6.45, 7) is 0.754. The molecule has 90 valence electrons. The van der Waals surface area contributed by atoms with Gasteiger partial charge in [-0.05, 0) is 19.3 Å². The molecule has 0 amide bonds. The van der Waals surface area contributed by atoms with E-state index in [-0.39, 0.29) is 6.61 Å². The van der Waals surface area contributed by atoms with Gasteiger partial charge < -0.3 is 10.8 Å². The van der Waals surface area contributed by atoms with Crippen LogP contribution in [0.3, 0.4) is 0 Å². The van der Waals surface area contributed by atoms with E-state index in [2.05, 4.69) is 15.1 Å². The Morgan fingerprint density at radius 3 is 3.00 bits per heavy atom. The number of rotatable bonds is 4. The molecule has 0 atom stereocenters. The first-order chi connectivity index (χ1) is 8.29. The number of nitrogens with two attached hydrogens (primary N) is 1. The van der Waals surface area contributed by atoms with Crippen molar-refractivity contribution in [2.45, 2.75) is 31.7 Å². The molecule has 17 heavy (non-hydrogen) atoms. The molecule has 2 aromatic rings. The smallest absolute Gasteiger partial charge is 0.179 e. The molecule has 2 heterocycles. The van der Waals surface area contributed by atoms with Gasteiger partial charge in [-0.3, -0.25) is 0 Å². The summed E-state index contributed by atoms with van der Waals surface area (Å²) in [5, 5.41) is 13.1. The van der Waals surface area contributed by atoms with Crippen LogP contribution in [0.25, 0.3) is 11.2 Å². The van der Waals surface area contributed by atoms with E-state index >= 15 is 0 Å². The Balaban J connectivity index is 2.04. The summed E-state index contributed by atoms with van der Waals surface area (Å²) in [4.78, 5) is 8.92. The summed E-state index contributed by atoms with van der Waals surface area (Å²) in [5.74, 6) is 0.974. The average Bonchev–Trinajstić information content (AvgIpc) is 3.14. The average molecular weight is 233 g/mol. The molecule has 1 aliphatic rings. The predicted octanol–water partition coefficient (Wildman–Crippen LogP) is 0.668. The van der Waals surface area contributed by atoms with Crippen molar-refractivity contribution in [2.75, 3.05) is 12.3 Å². The van der Waals surface area contributed by atoms with Crippen molar-refractivity contribution in [3.8, 4) is 0 Å². The molecule has 0 saturated heterocycles. The van der Waals surface area contributed by atoms with Gasteiger partial charge in [-0.2, -0.15) is 5.10 Å². The summed E-state index contributed by atoms with van der Waals surface area (Å²) in [6, 6.07) is 0. The van der Waals surface area contributed by atoms with Gasteiger partial charge in [0.05, 0.1) is 5.69 Å². The minimum Gasteiger partial charge on any atom is -0.396 e. The second-order valence-corrected chi connectivity index (χ2v) is 4.43. The van der Waals surface area contributed by atoms with Crippen molar-refractivity contribution in [2.24, 2.45) is 0 Å². The molecule has 0 bridgehead atoms. The first-order valence-corrected chi connectivity index (χ1v) is 5.89. The van der Waals surface area contributed by atoms with E-state index in [0.717, 1.165) is 11.3 Å². The number of aromatic nitrogens is 4. The van der Waals surface area contributed by atoms with Crippen LogP contribution in [0.2, 0.25) is 0 Å². The van der Waals surface area contributed by atoms with Gasteiger partial charge in [0.1, 0.15) is 0 Å². The van der Waals surface area contributed by atoms with E-state index in [4.69, 9.17) is 10.8 Å². The van der Waals surface area contributed by atoms with Crippen LogP contribution in [-0.2, 0) is 6.54 Å². The van der Waals surface area contributed by atoms with Crippen LogP contribution in [0.1, 0.15) is 30.9 Å². The number of nitrogens with zero attached hydrogens (tertiary/aromatic N) is 4. The highest BCUT2D eigenvalue weighted by Gasteiger charge is 2.26. The Bertz CT molecular complexity index is 546. The summed E-state index contributed by atoms with van der Waals surface area (Å²) >= 11 is 0. The highest BCUT2D eigenvalue weighted by atomic mass is 16.3. The maximum atomic E-state index is 8.85. The van der Waals surface area contributed by atoms with Crippen LogP contribution in [0.5, 0.6) is 0 Å². The van der Waals surface area contributed by atoms with Crippen molar-refractivity contribution >= 4 is 17.0 Å². The van der Waals surface area contributed by atoms with Gasteiger partial charge in [0.25, 0.3) is 0 Å². The molecule has 6 heteroatoms. The lowest BCUT2D eigenvalue weighted by Crippen LogP contribution is -2.04. The molecule has 3 N–H and O–H groups in total. The number of hydrogen-bond donors (Lipinski definition) is 2. The minimum atomic E-state index is 0.136. The fraction of sp³-hybridized carbons (Fsp3) is 0.545. The van der Waals surface area contributed by atoms with Crippen LogP contribution < -0.4 is 5.73 Å². The molecule has 1 saturated carbocycles. The van der Waals surface area contributed by atoms with Gasteiger partial charge in [-0.15, -0.1) is 0 Å². The third kappa shape index (κ3) is 1.84. The predicted molar refractivity (Wildman–Crippen MR) is 63.4 cm³/mol. The monoisotopic (exact) mass is 233 g/mol. The Labute approximate surface area is 98.5 Å². The largest absolute Gasteiger partial charge is 0.396 e. The van der Waals surface area contributed by atoms with Crippen molar-refractivity contribution in [1.82, 2.24) is 19.7 Å². The van der Waals surface area contributed by atoms with Gasteiger partial charge >= 0.3 is 0 Å². The maximum Gasteiger partial charge on any atom is 0.179 e. The molecular weight excluding hydrogens is 218 g/mol. The van der Waals surface area contributed by atoms with Crippen molar-refractivity contribution in [3.63, 3.8) is 0 Å². The zero-order valence-electron chi connectivity index (χ0n) is 9.50. The van der Waals surface area contributed by atoms with Crippen molar-refractivity contribution < 1.29 is 5.11 Å². The first-order valence-electron chi connectivity index (χ1n) is 5.89. The molecule has 1 aliphatic carbocycles. The molecule has 6 nitrogen and oxygen atoms in total. The van der Waals surface area contributed by atoms with Crippen LogP contribution in [0.15, 0.2) is 6.20 Å². The molecule has 0 spiro atoms. The molecule has 0 unspecified atom stereocenters. The van der Waals surface area contributed by atoms with Crippen LogP contribution in [0.4, 0.5) is 5.82 Å². The molecule has 2 aromatic heterocycles. The molecule has 0 aromatic carbocycles. The molecule has 0 aliphatic heterocycles. The highest BCUT2D eigenvalue weighted by molar-refractivity contribution is 5.81. The highest BCUT2D eigenvalue weighted by Crippen LogP contribution is 2.39. The third-order valence-electron chi connectivity index (χ3n) is 3.01. The number of aliphatic hydroxyl groups excluding tert-OH is 1. The fourth-order valence-corrected chi connectivity index (χ4v) is 1.93. The Kier molecular flexibility index (Phi) is 2.44. The molecular formula is C11H15N5O. The van der Waals surface area contributed by atoms with E-state index in [1.165, 1.54) is 12.8 Å². The third-order valence-corrected chi connectivity index (χ3v) is 3.01. The van der Waals surface area contributed by atoms with Gasteiger partial charge in [0.15, 0.2) is 17.0 Å². The quantitative estimate of drug-likeness (QED) is 0.810. The van der Waals surface area contributed by atoms with Gasteiger partial charge in [0.2, 0.25) is 0 Å². The van der Waals surface area contributed by atoms with Gasteiger partial charge in [-0.25, -0.2) is 14.6 Å². The van der Waals surface area contributed by atoms with Crippen molar-refractivity contribution in [3.05, 3.63) is 11.9 Å². The van der Waals surface area contributed by atoms with Crippen LogP contribution in [-0.4, -0.2) is 31.5 Å². The van der Waals surface area contributed by atoms with E-state index in [1.54, 1.807) is 10.9 Å². The number of anilines is 1. The summed E-state index contributed by atoms with van der Waals surface area (Å²) < 4.78 is 1.74. The first kappa shape index (κ1) is 10.5. The Morgan fingerprint density at radius 1 is 1.47 bits per heavy atom. The normalized spacial score (nSPS) is 15.6. The number of nitrogen functional groups attached to an aromatic ring is 1. The van der Waals surface area contributed by atoms with E-state index in [1.807, 2.05) is 0 Å². The maximum absolute atomic E-state index is 8.85. The van der Waals surface area contributed by atoms with Crippen molar-refractivity contribution in [1.29, 1.82) is 0 Å². The van der Waals surface area contributed by atoms with Crippen LogP contribution >= 0.6 is 0 Å². The second kappa shape index (κ2) is 3.96. The van der Waals surface area contributed by atoms with E-state index < -0.39 is 0 Å². The number of aryl methyl sites for hydroxylation is 1. The molecule has 0 radical (unpaired) electrons. The SMILES string of the molecule is Nc1nn(CCCO)c2nc(C3CC3)cnc12. The number of hydrogen-bond acceptors (Lipinski definition) is 5. The zero-order valence-corrected chi connectivity index (χ0v) is 9.50. The van der Waals surface area contributed by atoms with Gasteiger partial charge in [0, 0.05) is 25.3 Å². The Hall–Kier alpha value is -1.69. The second-order valence-electron chi connectivity index (χ2n) is 4.43. The molecule has 1 fully saturated rings. The fourth-order valence-electron chi connectivity index (χ4n) is 1.93. The lowest BCUT2D eigenvalue weighted by molar-refractivity contribution is 0.278. The van der Waals surface area contributed by atoms with Crippen LogP contribution in [0, 0.1) is 0 Å². The number of fused-ring (bicyclic) bond motifs is 1. The summed E-state index contributed by atoms with van der Waals surface area (Å²) in [6.07, 6.45) is 4.83. The lowest BCUT2D eigenvalue weighted by atomic mass is 10.3. The topological polar surface area (TPSA) is 89.8 Å².